The second-order valence-electron chi connectivity index (χ2n) is 6.66. The molecule has 2 aromatic carbocycles. The van der Waals surface area contributed by atoms with Gasteiger partial charge in [0, 0.05) is 12.0 Å². The number of anilines is 1. The van der Waals surface area contributed by atoms with E-state index >= 15 is 0 Å². The van der Waals surface area contributed by atoms with Gasteiger partial charge in [0.1, 0.15) is 17.5 Å². The van der Waals surface area contributed by atoms with E-state index in [1.807, 2.05) is 60.8 Å². The summed E-state index contributed by atoms with van der Waals surface area (Å²) in [4.78, 5) is 13.1. The van der Waals surface area contributed by atoms with Crippen LogP contribution in [0.15, 0.2) is 54.6 Å². The first-order chi connectivity index (χ1) is 13.0. The molecule has 1 amide bonds. The van der Waals surface area contributed by atoms with Crippen LogP contribution in [-0.4, -0.2) is 38.5 Å². The van der Waals surface area contributed by atoms with Gasteiger partial charge in [-0.25, -0.2) is 8.42 Å². The number of ether oxygens (including phenoxy) is 1. The van der Waals surface area contributed by atoms with Crippen molar-refractivity contribution in [2.24, 2.45) is 0 Å². The minimum absolute atomic E-state index is 0.110. The van der Waals surface area contributed by atoms with Crippen LogP contribution in [-0.2, 0) is 14.6 Å². The number of para-hydroxylation sites is 2. The van der Waals surface area contributed by atoms with Crippen LogP contribution in [0.25, 0.3) is 0 Å². The van der Waals surface area contributed by atoms with E-state index in [0.29, 0.717) is 24.5 Å². The summed E-state index contributed by atoms with van der Waals surface area (Å²) in [6.07, 6.45) is 0.564. The Balaban J connectivity index is 1.81. The zero-order valence-electron chi connectivity index (χ0n) is 15.3. The highest BCUT2D eigenvalue weighted by Crippen LogP contribution is 2.25. The zero-order valence-corrected chi connectivity index (χ0v) is 16.1. The number of carbonyl (C=O) groups excluding carboxylic acids is 1. The predicted molar refractivity (Wildman–Crippen MR) is 104 cm³/mol. The Morgan fingerprint density at radius 2 is 1.89 bits per heavy atom. The lowest BCUT2D eigenvalue weighted by Crippen LogP contribution is -2.93. The summed E-state index contributed by atoms with van der Waals surface area (Å²) in [5.41, 5.74) is 1.45. The van der Waals surface area contributed by atoms with E-state index in [4.69, 9.17) is 4.74 Å². The van der Waals surface area contributed by atoms with E-state index in [-0.39, 0.29) is 23.5 Å². The summed E-state index contributed by atoms with van der Waals surface area (Å²) in [5.74, 6) is 0.713. The molecule has 27 heavy (non-hydrogen) atoms. The number of rotatable bonds is 7. The number of carbonyl (C=O) groups is 1. The van der Waals surface area contributed by atoms with Crippen LogP contribution in [0.5, 0.6) is 5.75 Å². The summed E-state index contributed by atoms with van der Waals surface area (Å²) in [6, 6.07) is 16.1. The number of nitrogens with two attached hydrogens (primary N) is 1. The molecule has 0 bridgehead atoms. The van der Waals surface area contributed by atoms with Gasteiger partial charge >= 0.3 is 0 Å². The van der Waals surface area contributed by atoms with Gasteiger partial charge in [0.25, 0.3) is 5.91 Å². The van der Waals surface area contributed by atoms with Crippen LogP contribution in [0.1, 0.15) is 24.9 Å². The van der Waals surface area contributed by atoms with E-state index < -0.39 is 15.9 Å². The number of nitrogens with one attached hydrogen (secondary N) is 1. The molecule has 0 aliphatic carbocycles. The molecule has 1 saturated heterocycles. The molecule has 1 aliphatic rings. The van der Waals surface area contributed by atoms with Gasteiger partial charge in [0.05, 0.1) is 18.0 Å². The minimum Gasteiger partial charge on any atom is -0.492 e. The largest absolute Gasteiger partial charge is 0.492 e. The van der Waals surface area contributed by atoms with Crippen molar-refractivity contribution in [1.29, 1.82) is 0 Å². The summed E-state index contributed by atoms with van der Waals surface area (Å²) < 4.78 is 29.2. The summed E-state index contributed by atoms with van der Waals surface area (Å²) in [5, 5.41) is 4.82. The summed E-state index contributed by atoms with van der Waals surface area (Å²) in [7, 11) is -3.00. The molecule has 3 N–H and O–H groups in total. The van der Waals surface area contributed by atoms with E-state index in [9.17, 15) is 13.2 Å². The third kappa shape index (κ3) is 5.08. The molecule has 0 radical (unpaired) electrons. The molecule has 0 spiro atoms. The highest BCUT2D eigenvalue weighted by Gasteiger charge is 2.35. The fraction of sp³-hybridized carbons (Fsp3) is 0.350. The van der Waals surface area contributed by atoms with Crippen LogP contribution in [0.4, 0.5) is 5.69 Å². The normalized spacial score (nSPS) is 19.4. The molecular formula is C20H25N2O4S+. The molecule has 6 nitrogen and oxygen atoms in total. The smallest absolute Gasteiger partial charge is 0.287 e. The van der Waals surface area contributed by atoms with Gasteiger partial charge in [-0.15, -0.1) is 0 Å². The Morgan fingerprint density at radius 1 is 1.19 bits per heavy atom. The summed E-state index contributed by atoms with van der Waals surface area (Å²) >= 11 is 0. The summed E-state index contributed by atoms with van der Waals surface area (Å²) in [6.45, 7) is 2.39. The molecule has 2 atom stereocenters. The Labute approximate surface area is 159 Å². The Hall–Kier alpha value is -2.38. The highest BCUT2D eigenvalue weighted by atomic mass is 32.2. The van der Waals surface area contributed by atoms with Crippen LogP contribution in [0.3, 0.4) is 0 Å². The second kappa shape index (κ2) is 8.54. The molecule has 1 aliphatic heterocycles. The van der Waals surface area contributed by atoms with Gasteiger partial charge in [-0.05, 0) is 19.1 Å². The van der Waals surface area contributed by atoms with Gasteiger partial charge in [-0.2, -0.15) is 0 Å². The van der Waals surface area contributed by atoms with Gasteiger partial charge < -0.3 is 15.4 Å². The first-order valence-electron chi connectivity index (χ1n) is 9.11. The third-order valence-electron chi connectivity index (χ3n) is 4.62. The van der Waals surface area contributed by atoms with Crippen molar-refractivity contribution in [3.63, 3.8) is 0 Å². The lowest BCUT2D eigenvalue weighted by molar-refractivity contribution is -0.710. The van der Waals surface area contributed by atoms with Gasteiger partial charge in [-0.1, -0.05) is 42.5 Å². The van der Waals surface area contributed by atoms with Crippen molar-refractivity contribution < 1.29 is 23.3 Å². The molecule has 1 heterocycles. The number of hydrogen-bond acceptors (Lipinski definition) is 4. The average molecular weight is 389 g/mol. The van der Waals surface area contributed by atoms with E-state index in [1.54, 1.807) is 6.07 Å². The molecule has 1 fully saturated rings. The number of benzene rings is 2. The maximum Gasteiger partial charge on any atom is 0.287 e. The Morgan fingerprint density at radius 3 is 2.56 bits per heavy atom. The van der Waals surface area contributed by atoms with E-state index in [0.717, 1.165) is 5.56 Å². The van der Waals surface area contributed by atoms with Crippen molar-refractivity contribution in [2.75, 3.05) is 23.4 Å². The van der Waals surface area contributed by atoms with Crippen LogP contribution in [0.2, 0.25) is 0 Å². The lowest BCUT2D eigenvalue weighted by atomic mass is 10.0. The van der Waals surface area contributed by atoms with Gasteiger partial charge in [-0.3, -0.25) is 4.79 Å². The quantitative estimate of drug-likeness (QED) is 0.751. The number of amides is 1. The Bertz CT molecular complexity index is 884. The van der Waals surface area contributed by atoms with Crippen molar-refractivity contribution >= 4 is 21.4 Å². The second-order valence-corrected chi connectivity index (χ2v) is 8.89. The van der Waals surface area contributed by atoms with Gasteiger partial charge in [0.2, 0.25) is 0 Å². The third-order valence-corrected chi connectivity index (χ3v) is 6.41. The fourth-order valence-electron chi connectivity index (χ4n) is 3.32. The van der Waals surface area contributed by atoms with Gasteiger partial charge in [0.15, 0.2) is 15.9 Å². The average Bonchev–Trinajstić information content (AvgIpc) is 3.01. The molecule has 3 rings (SSSR count). The first-order valence-corrected chi connectivity index (χ1v) is 10.9. The SMILES string of the molecule is CCOc1ccccc1NC(=O)[C@@H]([NH2+][C@H]1CCS(=O)(=O)C1)c1ccccc1. The first kappa shape index (κ1) is 19.4. The molecule has 0 saturated carbocycles. The van der Waals surface area contributed by atoms with Crippen molar-refractivity contribution in [3.8, 4) is 5.75 Å². The monoisotopic (exact) mass is 389 g/mol. The molecule has 0 unspecified atom stereocenters. The highest BCUT2D eigenvalue weighted by molar-refractivity contribution is 7.91. The molecule has 7 heteroatoms. The number of sulfone groups is 1. The molecule has 144 valence electrons. The van der Waals surface area contributed by atoms with E-state index in [1.165, 1.54) is 0 Å². The number of quaternary nitrogens is 1. The molecular weight excluding hydrogens is 364 g/mol. The lowest BCUT2D eigenvalue weighted by Gasteiger charge is -2.20. The van der Waals surface area contributed by atoms with Crippen LogP contribution >= 0.6 is 0 Å². The predicted octanol–water partition coefficient (Wildman–Crippen LogP) is 1.52. The minimum atomic E-state index is -3.00. The maximum absolute atomic E-state index is 13.1. The maximum atomic E-state index is 13.1. The number of hydrogen-bond donors (Lipinski definition) is 2. The zero-order chi connectivity index (χ0) is 19.3. The molecule has 0 aromatic heterocycles. The van der Waals surface area contributed by atoms with Crippen molar-refractivity contribution in [1.82, 2.24) is 0 Å². The Kier molecular flexibility index (Phi) is 6.13. The van der Waals surface area contributed by atoms with Crippen molar-refractivity contribution in [3.05, 3.63) is 60.2 Å². The van der Waals surface area contributed by atoms with Crippen LogP contribution in [0, 0.1) is 0 Å². The topological polar surface area (TPSA) is 89.1 Å². The van der Waals surface area contributed by atoms with Crippen molar-refractivity contribution in [2.45, 2.75) is 25.4 Å². The molecule has 2 aromatic rings. The van der Waals surface area contributed by atoms with E-state index in [2.05, 4.69) is 5.32 Å². The van der Waals surface area contributed by atoms with Crippen LogP contribution < -0.4 is 15.4 Å². The standard InChI is InChI=1S/C20H24N2O4S/c1-2-26-18-11-7-6-10-17(18)22-20(23)19(15-8-4-3-5-9-15)21-16-12-13-27(24,25)14-16/h3-11,16,19,21H,2,12-14H2,1H3,(H,22,23)/p+1/t16-,19-/m0/s1. The fourth-order valence-corrected chi connectivity index (χ4v) is 5.08.